The van der Waals surface area contributed by atoms with Crippen molar-refractivity contribution < 1.29 is 101 Å². The van der Waals surface area contributed by atoms with E-state index in [1.54, 1.807) is 0 Å². The molecule has 0 atom stereocenters. The molecule has 370 valence electrons. The van der Waals surface area contributed by atoms with Gasteiger partial charge in [0.05, 0.1) is 84.0 Å². The summed E-state index contributed by atoms with van der Waals surface area (Å²) in [5.74, 6) is -4.10. The molecule has 0 aliphatic heterocycles. The lowest BCUT2D eigenvalue weighted by molar-refractivity contribution is -0.432. The minimum atomic E-state index is -5.37. The second kappa shape index (κ2) is 21.3. The van der Waals surface area contributed by atoms with E-state index >= 15 is 0 Å². The summed E-state index contributed by atoms with van der Waals surface area (Å²) < 4.78 is 139. The van der Waals surface area contributed by atoms with E-state index in [2.05, 4.69) is 53.6 Å². The molecule has 0 bridgehead atoms. The maximum Gasteiger partial charge on any atom is 0.397 e. The van der Waals surface area contributed by atoms with Crippen molar-refractivity contribution >= 4 is 132 Å². The van der Waals surface area contributed by atoms with E-state index in [9.17, 15) is 62.9 Å². The van der Waals surface area contributed by atoms with Gasteiger partial charge in [-0.05, 0) is 83.6 Å². The number of aromatic hydroxyl groups is 2. The summed E-state index contributed by atoms with van der Waals surface area (Å²) in [6.07, 6.45) is 0. The average molecular weight is 1090 g/mol. The van der Waals surface area contributed by atoms with Crippen molar-refractivity contribution in [3.8, 4) is 11.5 Å². The Kier molecular flexibility index (Phi) is 16.1. The zero-order valence-electron chi connectivity index (χ0n) is 33.9. The third-order valence-electron chi connectivity index (χ3n) is 8.96. The Hall–Kier alpha value is -6.39. The molecule has 0 fully saturated rings. The van der Waals surface area contributed by atoms with Gasteiger partial charge in [-0.15, -0.1) is 29.1 Å². The first kappa shape index (κ1) is 53.0. The van der Waals surface area contributed by atoms with E-state index in [1.165, 1.54) is 42.5 Å². The van der Waals surface area contributed by atoms with Gasteiger partial charge in [0.25, 0.3) is 20.2 Å². The zero-order chi connectivity index (χ0) is 51.3. The highest BCUT2D eigenvalue weighted by Crippen LogP contribution is 2.50. The standard InChI is InChI=1S/C35H27N7O22S6/c36-24-5-3-19(13-23(24)35(45)46)38-37-18-2-1-16-10-27(65-63-61-47)31(33(43)22(16)12-18)41-40-26-14-21(68(51,52)53)9-17-11-28(66-64-62-48)32(34(44)30(17)26)42-39-25-6-4-20(15-29(25)69(54,55)56)67(49,50)8-7-60-70(57,58)59/h1-6,9-15,43-44,47-48H,7-8,36H2,(H,45,46)(H,51,52,53)(H,54,55,56)(H,57,58,59). The van der Waals surface area contributed by atoms with Gasteiger partial charge in [-0.1, -0.05) is 16.1 Å². The van der Waals surface area contributed by atoms with E-state index in [-0.39, 0.29) is 67.8 Å². The van der Waals surface area contributed by atoms with Crippen molar-refractivity contribution in [2.75, 3.05) is 18.1 Å². The number of nitrogens with zero attached hydrogens (tertiary/aromatic N) is 6. The molecule has 0 unspecified atom stereocenters. The van der Waals surface area contributed by atoms with Gasteiger partial charge in [-0.2, -0.15) is 35.5 Å². The molecule has 0 saturated carbocycles. The van der Waals surface area contributed by atoms with E-state index in [4.69, 9.17) is 20.8 Å². The third kappa shape index (κ3) is 12.7. The fourth-order valence-electron chi connectivity index (χ4n) is 5.94. The number of carbonyl (C=O) groups is 1. The topological polar surface area (TPSA) is 462 Å². The average Bonchev–Trinajstić information content (AvgIpc) is 3.27. The molecule has 6 rings (SSSR count). The number of benzene rings is 6. The van der Waals surface area contributed by atoms with Gasteiger partial charge >= 0.3 is 16.4 Å². The number of phenols is 2. The highest BCUT2D eigenvalue weighted by atomic mass is 32.3. The molecule has 0 aromatic heterocycles. The lowest BCUT2D eigenvalue weighted by atomic mass is 10.1. The number of anilines is 1. The maximum atomic E-state index is 12.8. The molecule has 0 saturated heterocycles. The van der Waals surface area contributed by atoms with E-state index in [1.807, 2.05) is 0 Å². The molecule has 35 heteroatoms. The molecule has 0 aliphatic carbocycles. The minimum absolute atomic E-state index is 0.0131. The second-order valence-corrected chi connectivity index (χ2v) is 20.9. The number of carboxylic acid groups (broad SMARTS) is 1. The van der Waals surface area contributed by atoms with Crippen molar-refractivity contribution in [3.63, 3.8) is 0 Å². The molecule has 6 aromatic carbocycles. The first-order valence-electron chi connectivity index (χ1n) is 18.1. The Morgan fingerprint density at radius 2 is 1.20 bits per heavy atom. The quantitative estimate of drug-likeness (QED) is 0.00876. The van der Waals surface area contributed by atoms with E-state index in [0.717, 1.165) is 24.3 Å². The van der Waals surface area contributed by atoms with E-state index in [0.29, 0.717) is 12.1 Å². The third-order valence-corrected chi connectivity index (χ3v) is 14.1. The number of nitrogen functional groups attached to an aromatic ring is 1. The number of fused-ring (bicyclic) bond motifs is 2. The smallest absolute Gasteiger partial charge is 0.397 e. The summed E-state index contributed by atoms with van der Waals surface area (Å²) in [5.41, 5.74) is 3.03. The first-order valence-corrected chi connectivity index (χ1v) is 25.4. The molecule has 0 amide bonds. The van der Waals surface area contributed by atoms with Gasteiger partial charge in [0.15, 0.2) is 21.3 Å². The Labute approximate surface area is 400 Å². The van der Waals surface area contributed by atoms with E-state index < -0.39 is 118 Å². The number of carboxylic acids is 1. The number of azo groups is 3. The SMILES string of the molecule is Nc1ccc(N=Nc2ccc3cc(SOOO)c(N=Nc4cc(S(=O)(=O)O)cc5cc(SOOO)c(N=Nc6ccc(S(=O)(=O)CCOS(=O)(=O)O)cc6S(=O)(=O)O)c(O)c45)c(O)c3c2)cc1C(=O)O. The number of hydrogen-bond acceptors (Lipinski definition) is 27. The van der Waals surface area contributed by atoms with Crippen molar-refractivity contribution in [2.24, 2.45) is 30.7 Å². The van der Waals surface area contributed by atoms with Crippen LogP contribution in [-0.2, 0) is 63.4 Å². The lowest BCUT2D eigenvalue weighted by Crippen LogP contribution is -2.16. The van der Waals surface area contributed by atoms with Crippen LogP contribution in [0.3, 0.4) is 0 Å². The number of sulfone groups is 1. The van der Waals surface area contributed by atoms with Crippen LogP contribution in [0.5, 0.6) is 11.5 Å². The number of aromatic carboxylic acids is 1. The van der Waals surface area contributed by atoms with Gasteiger partial charge in [0, 0.05) is 11.1 Å². The van der Waals surface area contributed by atoms with Crippen LogP contribution in [0.1, 0.15) is 10.4 Å². The van der Waals surface area contributed by atoms with Crippen molar-refractivity contribution in [1.29, 1.82) is 0 Å². The van der Waals surface area contributed by atoms with Crippen LogP contribution in [0.15, 0.2) is 134 Å². The highest BCUT2D eigenvalue weighted by Gasteiger charge is 2.26. The van der Waals surface area contributed by atoms with Gasteiger partial charge < -0.3 is 21.1 Å². The molecule has 0 aliphatic rings. The molecule has 6 aromatic rings. The Bertz CT molecular complexity index is 3640. The van der Waals surface area contributed by atoms with Crippen LogP contribution in [0, 0.1) is 0 Å². The second-order valence-electron chi connectivity index (χ2n) is 13.4. The molecular weight excluding hydrogens is 1060 g/mol. The summed E-state index contributed by atoms with van der Waals surface area (Å²) in [5, 5.41) is 81.1. The molecule has 0 radical (unpaired) electrons. The highest BCUT2D eigenvalue weighted by molar-refractivity contribution is 7.95. The molecule has 70 heavy (non-hydrogen) atoms. The van der Waals surface area contributed by atoms with Crippen LogP contribution in [-0.4, -0.2) is 91.5 Å². The zero-order valence-corrected chi connectivity index (χ0v) is 38.8. The van der Waals surface area contributed by atoms with Crippen LogP contribution < -0.4 is 5.73 Å². The van der Waals surface area contributed by atoms with Crippen molar-refractivity contribution in [3.05, 3.63) is 84.4 Å². The molecule has 29 nitrogen and oxygen atoms in total. The normalized spacial score (nSPS) is 12.9. The van der Waals surface area contributed by atoms with Gasteiger partial charge in [-0.3, -0.25) is 13.7 Å². The fourth-order valence-corrected chi connectivity index (χ4v) is 9.70. The van der Waals surface area contributed by atoms with Gasteiger partial charge in [-0.25, -0.2) is 27.9 Å². The van der Waals surface area contributed by atoms with Crippen molar-refractivity contribution in [2.45, 2.75) is 24.5 Å². The van der Waals surface area contributed by atoms with Crippen LogP contribution in [0.4, 0.5) is 39.8 Å². The van der Waals surface area contributed by atoms with Gasteiger partial charge in [0.2, 0.25) is 0 Å². The summed E-state index contributed by atoms with van der Waals surface area (Å²) in [6, 6.07) is 13.9. The Balaban J connectivity index is 1.50. The summed E-state index contributed by atoms with van der Waals surface area (Å²) in [6.45, 7) is -1.10. The number of hydrogen-bond donors (Lipinski definition) is 9. The monoisotopic (exact) mass is 1090 g/mol. The summed E-state index contributed by atoms with van der Waals surface area (Å²) in [4.78, 5) is 8.11. The van der Waals surface area contributed by atoms with Crippen LogP contribution in [0.25, 0.3) is 21.5 Å². The Morgan fingerprint density at radius 1 is 0.614 bits per heavy atom. The van der Waals surface area contributed by atoms with Crippen molar-refractivity contribution in [1.82, 2.24) is 0 Å². The summed E-state index contributed by atoms with van der Waals surface area (Å²) >= 11 is 0.376. The summed E-state index contributed by atoms with van der Waals surface area (Å²) in [7, 11) is -20.1. The fraction of sp³-hybridized carbons (Fsp3) is 0.0571. The largest absolute Gasteiger partial charge is 0.505 e. The first-order chi connectivity index (χ1) is 32.8. The molecule has 0 heterocycles. The molecular formula is C35H27N7O22S6. The van der Waals surface area contributed by atoms with Crippen LogP contribution >= 0.6 is 24.1 Å². The molecule has 10 N–H and O–H groups in total. The minimum Gasteiger partial charge on any atom is -0.505 e. The molecule has 0 spiro atoms. The van der Waals surface area contributed by atoms with Gasteiger partial charge in [0.1, 0.15) is 22.0 Å². The number of phenolic OH excluding ortho intramolecular Hbond substituents is 2. The predicted molar refractivity (Wildman–Crippen MR) is 239 cm³/mol. The Morgan fingerprint density at radius 3 is 1.79 bits per heavy atom. The number of nitrogens with two attached hydrogens (primary N) is 1. The lowest BCUT2D eigenvalue weighted by Gasteiger charge is -2.13. The maximum absolute atomic E-state index is 12.8. The predicted octanol–water partition coefficient (Wildman–Crippen LogP) is 7.87. The van der Waals surface area contributed by atoms with Crippen LogP contribution in [0.2, 0.25) is 0 Å². The number of rotatable bonds is 20.